The Morgan fingerprint density at radius 3 is 2.74 bits per heavy atom. The molecule has 23 heavy (non-hydrogen) atoms. The lowest BCUT2D eigenvalue weighted by atomic mass is 10.1. The van der Waals surface area contributed by atoms with E-state index in [4.69, 9.17) is 9.47 Å². The highest BCUT2D eigenvalue weighted by Crippen LogP contribution is 2.27. The van der Waals surface area contributed by atoms with Gasteiger partial charge in [0.2, 0.25) is 5.91 Å². The first-order valence-electron chi connectivity index (χ1n) is 7.91. The maximum Gasteiger partial charge on any atom is 0.226 e. The summed E-state index contributed by atoms with van der Waals surface area (Å²) in [7, 11) is 1.61. The lowest BCUT2D eigenvalue weighted by molar-refractivity contribution is -0.134. The minimum atomic E-state index is 0.109. The van der Waals surface area contributed by atoms with E-state index in [1.165, 1.54) is 5.69 Å². The molecule has 3 rings (SSSR count). The summed E-state index contributed by atoms with van der Waals surface area (Å²) in [5, 5.41) is 0. The Bertz CT molecular complexity index is 680. The van der Waals surface area contributed by atoms with E-state index in [0.717, 1.165) is 13.1 Å². The van der Waals surface area contributed by atoms with Gasteiger partial charge in [-0.05, 0) is 31.2 Å². The second-order valence-corrected chi connectivity index (χ2v) is 5.64. The van der Waals surface area contributed by atoms with Gasteiger partial charge in [0, 0.05) is 25.0 Å². The monoisotopic (exact) mass is 314 g/mol. The predicted octanol–water partition coefficient (Wildman–Crippen LogP) is 2.87. The zero-order valence-corrected chi connectivity index (χ0v) is 13.6. The second-order valence-electron chi connectivity index (χ2n) is 5.64. The average molecular weight is 314 g/mol. The van der Waals surface area contributed by atoms with Crippen LogP contribution in [0, 0.1) is 0 Å². The molecule has 0 spiro atoms. The minimum absolute atomic E-state index is 0.109. The Kier molecular flexibility index (Phi) is 4.55. The number of carbonyl (C=O) groups excluding carboxylic acids is 1. The number of methoxy groups -OCH3 is 1. The third-order valence-corrected chi connectivity index (χ3v) is 4.30. The molecule has 0 saturated carbocycles. The molecule has 0 radical (unpaired) electrons. The lowest BCUT2D eigenvalue weighted by Gasteiger charge is -2.35. The molecule has 2 heterocycles. The zero-order chi connectivity index (χ0) is 16.2. The van der Waals surface area contributed by atoms with Crippen molar-refractivity contribution in [3.63, 3.8) is 0 Å². The highest BCUT2D eigenvalue weighted by molar-refractivity contribution is 5.77. The molecule has 0 unspecified atom stereocenters. The predicted molar refractivity (Wildman–Crippen MR) is 87.7 cm³/mol. The Morgan fingerprint density at radius 1 is 1.17 bits per heavy atom. The summed E-state index contributed by atoms with van der Waals surface area (Å²) in [6.07, 6.45) is 2.43. The number of ether oxygens (including phenoxy) is 2. The Labute approximate surface area is 136 Å². The summed E-state index contributed by atoms with van der Waals surface area (Å²) in [4.78, 5) is 14.4. The molecule has 1 amide bonds. The Balaban J connectivity index is 1.56. The van der Waals surface area contributed by atoms with Gasteiger partial charge in [-0.25, -0.2) is 0 Å². The van der Waals surface area contributed by atoms with Crippen LogP contribution in [0.25, 0.3) is 0 Å². The van der Waals surface area contributed by atoms with Crippen LogP contribution >= 0.6 is 0 Å². The SMILES string of the molecule is COc1ccccc1OCCC(=O)N1CCn2cccc2[C@H]1C. The van der Waals surface area contributed by atoms with Crippen molar-refractivity contribution >= 4 is 5.91 Å². The molecular weight excluding hydrogens is 292 g/mol. The number of benzene rings is 1. The van der Waals surface area contributed by atoms with Crippen LogP contribution in [0.4, 0.5) is 0 Å². The fraction of sp³-hybridized carbons (Fsp3) is 0.389. The number of rotatable bonds is 5. The molecule has 1 aliphatic heterocycles. The van der Waals surface area contributed by atoms with Gasteiger partial charge in [0.25, 0.3) is 0 Å². The molecule has 0 bridgehead atoms. The molecule has 0 saturated heterocycles. The minimum Gasteiger partial charge on any atom is -0.493 e. The maximum atomic E-state index is 12.5. The number of carbonyl (C=O) groups is 1. The number of nitrogens with zero attached hydrogens (tertiary/aromatic N) is 2. The van der Waals surface area contributed by atoms with Crippen molar-refractivity contribution in [1.29, 1.82) is 0 Å². The lowest BCUT2D eigenvalue weighted by Crippen LogP contribution is -2.41. The highest BCUT2D eigenvalue weighted by Gasteiger charge is 2.26. The van der Waals surface area contributed by atoms with E-state index in [2.05, 4.69) is 23.8 Å². The molecule has 2 aromatic rings. The fourth-order valence-corrected chi connectivity index (χ4v) is 3.05. The van der Waals surface area contributed by atoms with E-state index < -0.39 is 0 Å². The van der Waals surface area contributed by atoms with Gasteiger partial charge in [-0.15, -0.1) is 0 Å². The van der Waals surface area contributed by atoms with Gasteiger partial charge in [0.15, 0.2) is 11.5 Å². The third-order valence-electron chi connectivity index (χ3n) is 4.30. The molecule has 0 aliphatic carbocycles. The Morgan fingerprint density at radius 2 is 1.96 bits per heavy atom. The van der Waals surface area contributed by atoms with Gasteiger partial charge in [-0.2, -0.15) is 0 Å². The number of para-hydroxylation sites is 2. The molecule has 1 aliphatic rings. The van der Waals surface area contributed by atoms with Crippen LogP contribution in [-0.4, -0.2) is 35.6 Å². The maximum absolute atomic E-state index is 12.5. The molecular formula is C18H22N2O3. The largest absolute Gasteiger partial charge is 0.493 e. The molecule has 1 atom stereocenters. The molecule has 5 nitrogen and oxygen atoms in total. The van der Waals surface area contributed by atoms with E-state index >= 15 is 0 Å². The summed E-state index contributed by atoms with van der Waals surface area (Å²) in [5.74, 6) is 1.48. The van der Waals surface area contributed by atoms with Crippen LogP contribution in [0.3, 0.4) is 0 Å². The van der Waals surface area contributed by atoms with Crippen molar-refractivity contribution in [3.8, 4) is 11.5 Å². The number of fused-ring (bicyclic) bond motifs is 1. The van der Waals surface area contributed by atoms with E-state index in [9.17, 15) is 4.79 Å². The summed E-state index contributed by atoms with van der Waals surface area (Å²) in [6, 6.07) is 11.7. The first-order valence-corrected chi connectivity index (χ1v) is 7.91. The van der Waals surface area contributed by atoms with E-state index in [1.54, 1.807) is 7.11 Å². The van der Waals surface area contributed by atoms with Crippen molar-refractivity contribution in [2.75, 3.05) is 20.3 Å². The van der Waals surface area contributed by atoms with Crippen LogP contribution in [-0.2, 0) is 11.3 Å². The van der Waals surface area contributed by atoms with Crippen molar-refractivity contribution in [2.24, 2.45) is 0 Å². The van der Waals surface area contributed by atoms with Crippen LogP contribution in [0.1, 0.15) is 25.1 Å². The fourth-order valence-electron chi connectivity index (χ4n) is 3.05. The van der Waals surface area contributed by atoms with Crippen LogP contribution in [0.5, 0.6) is 11.5 Å². The van der Waals surface area contributed by atoms with E-state index in [0.29, 0.717) is 24.5 Å². The average Bonchev–Trinajstić information content (AvgIpc) is 3.05. The van der Waals surface area contributed by atoms with Gasteiger partial charge in [0.1, 0.15) is 0 Å². The number of hydrogen-bond acceptors (Lipinski definition) is 3. The molecule has 122 valence electrons. The zero-order valence-electron chi connectivity index (χ0n) is 13.6. The quantitative estimate of drug-likeness (QED) is 0.852. The topological polar surface area (TPSA) is 43.7 Å². The highest BCUT2D eigenvalue weighted by atomic mass is 16.5. The van der Waals surface area contributed by atoms with Gasteiger partial charge in [-0.3, -0.25) is 4.79 Å². The van der Waals surface area contributed by atoms with Crippen molar-refractivity contribution in [2.45, 2.75) is 25.9 Å². The van der Waals surface area contributed by atoms with Gasteiger partial charge >= 0.3 is 0 Å². The summed E-state index contributed by atoms with van der Waals surface area (Å²) in [6.45, 7) is 4.02. The number of hydrogen-bond donors (Lipinski definition) is 0. The molecule has 0 fully saturated rings. The van der Waals surface area contributed by atoms with Crippen molar-refractivity contribution < 1.29 is 14.3 Å². The number of amides is 1. The van der Waals surface area contributed by atoms with Crippen LogP contribution in [0.15, 0.2) is 42.6 Å². The van der Waals surface area contributed by atoms with E-state index in [1.807, 2.05) is 35.2 Å². The summed E-state index contributed by atoms with van der Waals surface area (Å²) >= 11 is 0. The van der Waals surface area contributed by atoms with Crippen LogP contribution < -0.4 is 9.47 Å². The molecule has 0 N–H and O–H groups in total. The van der Waals surface area contributed by atoms with Crippen molar-refractivity contribution in [1.82, 2.24) is 9.47 Å². The summed E-state index contributed by atoms with van der Waals surface area (Å²) < 4.78 is 13.2. The molecule has 1 aromatic heterocycles. The Hall–Kier alpha value is -2.43. The van der Waals surface area contributed by atoms with Crippen molar-refractivity contribution in [3.05, 3.63) is 48.3 Å². The third kappa shape index (κ3) is 3.18. The first-order chi connectivity index (χ1) is 11.2. The molecule has 1 aromatic carbocycles. The number of aromatic nitrogens is 1. The normalized spacial score (nSPS) is 16.8. The first kappa shape index (κ1) is 15.5. The van der Waals surface area contributed by atoms with Gasteiger partial charge in [0.05, 0.1) is 26.2 Å². The second kappa shape index (κ2) is 6.77. The van der Waals surface area contributed by atoms with Crippen LogP contribution in [0.2, 0.25) is 0 Å². The smallest absolute Gasteiger partial charge is 0.226 e. The van der Waals surface area contributed by atoms with Gasteiger partial charge < -0.3 is 18.9 Å². The summed E-state index contributed by atoms with van der Waals surface area (Å²) in [5.41, 5.74) is 1.19. The van der Waals surface area contributed by atoms with E-state index in [-0.39, 0.29) is 11.9 Å². The standard InChI is InChI=1S/C18H22N2O3/c1-14-15-6-5-10-19(15)11-12-20(14)18(21)9-13-23-17-8-4-3-7-16(17)22-2/h3-8,10,14H,9,11-13H2,1-2H3/t14-/m1/s1. The van der Waals surface area contributed by atoms with Gasteiger partial charge in [-0.1, -0.05) is 12.1 Å². The molecule has 5 heteroatoms.